The number of piperidine rings is 1. The van der Waals surface area contributed by atoms with E-state index >= 15 is 0 Å². The Bertz CT molecular complexity index is 948. The molecule has 1 heterocycles. The molecule has 6 nitrogen and oxygen atoms in total. The number of carbonyl (C=O) groups excluding carboxylic acids is 2. The van der Waals surface area contributed by atoms with E-state index in [0.717, 1.165) is 24.8 Å². The summed E-state index contributed by atoms with van der Waals surface area (Å²) in [5.74, 6) is 0.715. The quantitative estimate of drug-likeness (QED) is 0.650. The first kappa shape index (κ1) is 24.6. The Morgan fingerprint density at radius 3 is 2.24 bits per heavy atom. The predicted octanol–water partition coefficient (Wildman–Crippen LogP) is 4.08. The van der Waals surface area contributed by atoms with Gasteiger partial charge in [-0.1, -0.05) is 26.0 Å². The highest BCUT2D eigenvalue weighted by Gasteiger charge is 2.31. The molecule has 0 bridgehead atoms. The lowest BCUT2D eigenvalue weighted by molar-refractivity contribution is -0.135. The molecule has 0 spiro atoms. The van der Waals surface area contributed by atoms with E-state index in [1.165, 1.54) is 20.3 Å². The van der Waals surface area contributed by atoms with Crippen molar-refractivity contribution in [1.82, 2.24) is 10.2 Å². The van der Waals surface area contributed by atoms with Gasteiger partial charge in [0.05, 0.1) is 14.2 Å². The van der Waals surface area contributed by atoms with E-state index in [4.69, 9.17) is 9.47 Å². The molecule has 2 amide bonds. The summed E-state index contributed by atoms with van der Waals surface area (Å²) in [6, 6.07) is 11.0. The molecule has 1 unspecified atom stereocenters. The van der Waals surface area contributed by atoms with Gasteiger partial charge in [0.2, 0.25) is 5.91 Å². The molecule has 3 rings (SSSR count). The van der Waals surface area contributed by atoms with Crippen molar-refractivity contribution in [3.05, 3.63) is 59.4 Å². The first-order valence-corrected chi connectivity index (χ1v) is 11.4. The lowest BCUT2D eigenvalue weighted by Crippen LogP contribution is -2.53. The summed E-state index contributed by atoms with van der Waals surface area (Å²) in [4.78, 5) is 28.0. The summed E-state index contributed by atoms with van der Waals surface area (Å²) in [6.45, 7) is 5.10. The number of ether oxygens (including phenoxy) is 2. The van der Waals surface area contributed by atoms with E-state index < -0.39 is 6.04 Å². The van der Waals surface area contributed by atoms with Crippen molar-refractivity contribution in [3.8, 4) is 11.5 Å². The van der Waals surface area contributed by atoms with Gasteiger partial charge in [0.15, 0.2) is 0 Å². The third-order valence-electron chi connectivity index (χ3n) is 6.17. The summed E-state index contributed by atoms with van der Waals surface area (Å²) in [5, 5.41) is 2.91. The molecule has 1 aliphatic rings. The van der Waals surface area contributed by atoms with Gasteiger partial charge in [-0.2, -0.15) is 0 Å². The van der Waals surface area contributed by atoms with Crippen LogP contribution < -0.4 is 14.8 Å². The third-order valence-corrected chi connectivity index (χ3v) is 6.17. The summed E-state index contributed by atoms with van der Waals surface area (Å²) in [5.41, 5.74) is 1.36. The minimum absolute atomic E-state index is 0.0704. The molecule has 1 fully saturated rings. The molecular formula is C26H33FN2O4. The number of methoxy groups -OCH3 is 2. The maximum Gasteiger partial charge on any atom is 0.252 e. The van der Waals surface area contributed by atoms with Crippen LogP contribution in [0.1, 0.15) is 42.6 Å². The number of nitrogens with one attached hydrogen (secondary N) is 1. The molecule has 0 aromatic heterocycles. The Morgan fingerprint density at radius 2 is 1.70 bits per heavy atom. The van der Waals surface area contributed by atoms with Gasteiger partial charge >= 0.3 is 0 Å². The normalized spacial score (nSPS) is 15.3. The average molecular weight is 457 g/mol. The Kier molecular flexibility index (Phi) is 8.31. The smallest absolute Gasteiger partial charge is 0.252 e. The Hall–Kier alpha value is -3.09. The van der Waals surface area contributed by atoms with Crippen LogP contribution in [-0.4, -0.2) is 50.1 Å². The minimum Gasteiger partial charge on any atom is -0.497 e. The zero-order valence-corrected chi connectivity index (χ0v) is 19.8. The highest BCUT2D eigenvalue weighted by atomic mass is 19.1. The van der Waals surface area contributed by atoms with Crippen molar-refractivity contribution in [1.29, 1.82) is 0 Å². The highest BCUT2D eigenvalue weighted by molar-refractivity contribution is 5.98. The monoisotopic (exact) mass is 456 g/mol. The number of hydrogen-bond acceptors (Lipinski definition) is 4. The van der Waals surface area contributed by atoms with Crippen LogP contribution in [0.4, 0.5) is 4.39 Å². The topological polar surface area (TPSA) is 67.9 Å². The van der Waals surface area contributed by atoms with Crippen LogP contribution in [0, 0.1) is 17.7 Å². The molecule has 1 N–H and O–H groups in total. The van der Waals surface area contributed by atoms with Gasteiger partial charge in [-0.25, -0.2) is 4.39 Å². The van der Waals surface area contributed by atoms with E-state index in [-0.39, 0.29) is 23.5 Å². The molecule has 1 saturated heterocycles. The maximum absolute atomic E-state index is 13.5. The number of carbonyl (C=O) groups is 2. The van der Waals surface area contributed by atoms with Crippen molar-refractivity contribution in [2.75, 3.05) is 27.3 Å². The zero-order chi connectivity index (χ0) is 24.0. The fraction of sp³-hybridized carbons (Fsp3) is 0.462. The summed E-state index contributed by atoms with van der Waals surface area (Å²) < 4.78 is 24.0. The molecule has 0 aliphatic carbocycles. The Labute approximate surface area is 195 Å². The number of halogens is 1. The molecule has 33 heavy (non-hydrogen) atoms. The van der Waals surface area contributed by atoms with Crippen molar-refractivity contribution in [2.45, 2.75) is 39.2 Å². The lowest BCUT2D eigenvalue weighted by Gasteiger charge is -2.35. The SMILES string of the molecule is COc1cc(OC)cc(C(=O)NC(C(=O)N2CCC(Cc3cccc(F)c3)CC2)C(C)C)c1. The number of hydrogen-bond donors (Lipinski definition) is 1. The molecule has 0 radical (unpaired) electrons. The average Bonchev–Trinajstić information content (AvgIpc) is 2.81. The van der Waals surface area contributed by atoms with Crippen LogP contribution in [0.2, 0.25) is 0 Å². The number of rotatable bonds is 8. The van der Waals surface area contributed by atoms with Gasteiger partial charge in [0.25, 0.3) is 5.91 Å². The predicted molar refractivity (Wildman–Crippen MR) is 125 cm³/mol. The van der Waals surface area contributed by atoms with Crippen LogP contribution in [-0.2, 0) is 11.2 Å². The van der Waals surface area contributed by atoms with Crippen molar-refractivity contribution < 1.29 is 23.5 Å². The van der Waals surface area contributed by atoms with Crippen LogP contribution in [0.25, 0.3) is 0 Å². The van der Waals surface area contributed by atoms with E-state index in [9.17, 15) is 14.0 Å². The molecule has 178 valence electrons. The van der Waals surface area contributed by atoms with E-state index in [1.807, 2.05) is 24.8 Å². The standard InChI is InChI=1S/C26H33FN2O4/c1-17(2)24(28-25(30)20-14-22(32-3)16-23(15-20)33-4)26(31)29-10-8-18(9-11-29)12-19-6-5-7-21(27)13-19/h5-7,13-18,24H,8-12H2,1-4H3,(H,28,30). The maximum atomic E-state index is 13.5. The highest BCUT2D eigenvalue weighted by Crippen LogP contribution is 2.25. The molecule has 2 aromatic carbocycles. The van der Waals surface area contributed by atoms with E-state index in [1.54, 1.807) is 30.3 Å². The Balaban J connectivity index is 1.62. The van der Waals surface area contributed by atoms with Crippen LogP contribution in [0.15, 0.2) is 42.5 Å². The lowest BCUT2D eigenvalue weighted by atomic mass is 9.89. The zero-order valence-electron chi connectivity index (χ0n) is 19.8. The molecule has 1 aliphatic heterocycles. The first-order valence-electron chi connectivity index (χ1n) is 11.4. The summed E-state index contributed by atoms with van der Waals surface area (Å²) in [7, 11) is 3.05. The second kappa shape index (κ2) is 11.2. The fourth-order valence-electron chi connectivity index (χ4n) is 4.23. The van der Waals surface area contributed by atoms with E-state index in [2.05, 4.69) is 5.32 Å². The van der Waals surface area contributed by atoms with Gasteiger partial charge in [0, 0.05) is 24.7 Å². The van der Waals surface area contributed by atoms with Crippen molar-refractivity contribution in [3.63, 3.8) is 0 Å². The van der Waals surface area contributed by atoms with Gasteiger partial charge in [-0.15, -0.1) is 0 Å². The van der Waals surface area contributed by atoms with Gasteiger partial charge in [0.1, 0.15) is 23.4 Å². The third kappa shape index (κ3) is 6.46. The minimum atomic E-state index is -0.630. The van der Waals surface area contributed by atoms with Crippen molar-refractivity contribution in [2.24, 2.45) is 11.8 Å². The number of likely N-dealkylation sites (tertiary alicyclic amines) is 1. The Morgan fingerprint density at radius 1 is 1.06 bits per heavy atom. The number of nitrogens with zero attached hydrogens (tertiary/aromatic N) is 1. The summed E-state index contributed by atoms with van der Waals surface area (Å²) >= 11 is 0. The largest absolute Gasteiger partial charge is 0.497 e. The first-order chi connectivity index (χ1) is 15.8. The molecule has 2 aromatic rings. The molecule has 0 saturated carbocycles. The van der Waals surface area contributed by atoms with Crippen LogP contribution in [0.5, 0.6) is 11.5 Å². The molecule has 1 atom stereocenters. The second-order valence-corrected chi connectivity index (χ2v) is 8.90. The summed E-state index contributed by atoms with van der Waals surface area (Å²) in [6.07, 6.45) is 2.52. The van der Waals surface area contributed by atoms with Crippen LogP contribution in [0.3, 0.4) is 0 Å². The number of amides is 2. The van der Waals surface area contributed by atoms with Gasteiger partial charge in [-0.05, 0) is 60.9 Å². The van der Waals surface area contributed by atoms with E-state index in [0.29, 0.717) is 36.1 Å². The van der Waals surface area contributed by atoms with Crippen LogP contribution >= 0.6 is 0 Å². The number of benzene rings is 2. The van der Waals surface area contributed by atoms with Gasteiger partial charge < -0.3 is 19.7 Å². The van der Waals surface area contributed by atoms with Crippen molar-refractivity contribution >= 4 is 11.8 Å². The van der Waals surface area contributed by atoms with Gasteiger partial charge in [-0.3, -0.25) is 9.59 Å². The molecular weight excluding hydrogens is 423 g/mol. The second-order valence-electron chi connectivity index (χ2n) is 8.90. The fourth-order valence-corrected chi connectivity index (χ4v) is 4.23. The molecule has 7 heteroatoms.